The molecule has 1 aliphatic rings. The van der Waals surface area contributed by atoms with Gasteiger partial charge in [0.25, 0.3) is 11.5 Å². The Morgan fingerprint density at radius 1 is 1.33 bits per heavy atom. The van der Waals surface area contributed by atoms with Crippen molar-refractivity contribution in [2.24, 2.45) is 11.7 Å². The number of imidazole rings is 1. The van der Waals surface area contributed by atoms with Gasteiger partial charge < -0.3 is 50.8 Å². The van der Waals surface area contributed by atoms with E-state index in [2.05, 4.69) is 23.9 Å². The van der Waals surface area contributed by atoms with Gasteiger partial charge in [-0.3, -0.25) is 23.7 Å². The summed E-state index contributed by atoms with van der Waals surface area (Å²) in [6.07, 6.45) is -1.99. The molecular weight excluding hydrogens is 547 g/mol. The van der Waals surface area contributed by atoms with Gasteiger partial charge in [-0.15, -0.1) is 0 Å². The molecule has 0 unspecified atom stereocenters. The minimum absolute atomic E-state index is 0.0176. The molecule has 0 amide bonds. The van der Waals surface area contributed by atoms with E-state index >= 15 is 0 Å². The van der Waals surface area contributed by atoms with Crippen LogP contribution >= 0.6 is 7.82 Å². The average Bonchev–Trinajstić information content (AvgIpc) is 3.57. The minimum atomic E-state index is -4.76. The summed E-state index contributed by atoms with van der Waals surface area (Å²) >= 11 is 0. The van der Waals surface area contributed by atoms with Gasteiger partial charge in [0.05, 0.1) is 19.2 Å². The molecule has 4 heterocycles. The van der Waals surface area contributed by atoms with Gasteiger partial charge in [0.15, 0.2) is 17.4 Å². The van der Waals surface area contributed by atoms with Crippen LogP contribution in [0.3, 0.4) is 0 Å². The number of aliphatic carboxylic acids is 1. The third-order valence-corrected chi connectivity index (χ3v) is 6.00. The highest BCUT2D eigenvalue weighted by atomic mass is 31.2. The number of fused-ring (bicyclic) bond motifs is 1. The number of aromatic amines is 1. The Hall–Kier alpha value is -3.35. The number of nitrogens with one attached hydrogen (secondary N) is 1. The van der Waals surface area contributed by atoms with Gasteiger partial charge >= 0.3 is 13.8 Å². The maximum atomic E-state index is 11.7. The molecule has 39 heavy (non-hydrogen) atoms. The van der Waals surface area contributed by atoms with Crippen molar-refractivity contribution in [3.05, 3.63) is 35.1 Å². The Labute approximate surface area is 220 Å². The van der Waals surface area contributed by atoms with Crippen LogP contribution in [0.15, 0.2) is 33.9 Å². The molecule has 1 saturated heterocycles. The van der Waals surface area contributed by atoms with E-state index in [4.69, 9.17) is 36.2 Å². The molecule has 3 aromatic rings. The number of anilines is 1. The highest BCUT2D eigenvalue weighted by molar-refractivity contribution is 7.46. The summed E-state index contributed by atoms with van der Waals surface area (Å²) < 4.78 is 26.0. The van der Waals surface area contributed by atoms with Gasteiger partial charge in [-0.05, 0) is 12.0 Å². The maximum absolute atomic E-state index is 11.7. The molecule has 0 spiro atoms. The predicted molar refractivity (Wildman–Crippen MR) is 132 cm³/mol. The van der Waals surface area contributed by atoms with E-state index < -0.39 is 56.5 Å². The second-order valence-corrected chi connectivity index (χ2v) is 9.55. The standard InChI is InChI=1S/C10H14N5O8P.C6H13NO2.C4H4O2/c11-10-13-7-4(8(18)14-10)12-2-15(7)9-6(17)5(16)3(23-9)1-22-24(19,20)21;1-3-4(2)5(7)6(8)9;5-4-2-1-3-6-4/h2-3,5-6,9,16-17H,1H2,(H2,19,20,21)(H3,11,13,14,18);4-5H,3,7H2,1-2H3,(H,8,9);1-3,5H/t3-,5-,6-,9-;4-,5-;/m10./s1. The lowest BCUT2D eigenvalue weighted by Crippen LogP contribution is -2.36. The summed E-state index contributed by atoms with van der Waals surface area (Å²) in [5, 5.41) is 36.7. The van der Waals surface area contributed by atoms with Crippen molar-refractivity contribution in [3.63, 3.8) is 0 Å². The lowest BCUT2D eigenvalue weighted by atomic mass is 10.0. The molecule has 0 aliphatic carbocycles. The monoisotopic (exact) mass is 578 g/mol. The van der Waals surface area contributed by atoms with Crippen molar-refractivity contribution in [2.75, 3.05) is 12.3 Å². The first-order valence-electron chi connectivity index (χ1n) is 11.3. The summed E-state index contributed by atoms with van der Waals surface area (Å²) in [7, 11) is -4.76. The zero-order valence-electron chi connectivity index (χ0n) is 20.8. The molecular formula is C20H31N6O12P. The Bertz CT molecular complexity index is 1310. The molecule has 4 rings (SSSR count). The second-order valence-electron chi connectivity index (χ2n) is 8.31. The fourth-order valence-electron chi connectivity index (χ4n) is 3.16. The van der Waals surface area contributed by atoms with Gasteiger partial charge in [0.2, 0.25) is 5.95 Å². The molecule has 0 saturated carbocycles. The van der Waals surface area contributed by atoms with E-state index in [0.717, 1.165) is 6.42 Å². The number of phosphoric ester groups is 1. The first kappa shape index (κ1) is 31.9. The van der Waals surface area contributed by atoms with Gasteiger partial charge in [0, 0.05) is 6.07 Å². The zero-order chi connectivity index (χ0) is 29.5. The molecule has 218 valence electrons. The first-order valence-corrected chi connectivity index (χ1v) is 12.8. The number of aromatic nitrogens is 4. The summed E-state index contributed by atoms with van der Waals surface area (Å²) in [6, 6.07) is 2.39. The second kappa shape index (κ2) is 13.6. The average molecular weight is 578 g/mol. The van der Waals surface area contributed by atoms with Crippen LogP contribution in [0, 0.1) is 5.92 Å². The molecule has 1 aliphatic heterocycles. The highest BCUT2D eigenvalue weighted by Gasteiger charge is 2.45. The minimum Gasteiger partial charge on any atom is -0.481 e. The predicted octanol–water partition coefficient (Wildman–Crippen LogP) is -1.14. The number of carbonyl (C=O) groups is 1. The Kier molecular flexibility index (Phi) is 11.1. The van der Waals surface area contributed by atoms with Crippen molar-refractivity contribution >= 4 is 30.9 Å². The van der Waals surface area contributed by atoms with Crippen LogP contribution in [0.1, 0.15) is 26.5 Å². The van der Waals surface area contributed by atoms with Crippen LogP contribution in [-0.2, 0) is 18.6 Å². The number of furan rings is 1. The fraction of sp³-hybridized carbons (Fsp3) is 0.500. The molecule has 0 aromatic carbocycles. The third kappa shape index (κ3) is 8.84. The number of aliphatic hydroxyl groups is 2. The quantitative estimate of drug-likeness (QED) is 0.150. The van der Waals surface area contributed by atoms with Crippen molar-refractivity contribution in [1.82, 2.24) is 19.5 Å². The summed E-state index contributed by atoms with van der Waals surface area (Å²) in [4.78, 5) is 49.3. The number of nitrogens with zero attached hydrogens (tertiary/aromatic N) is 3. The molecule has 1 fully saturated rings. The number of hydrogen-bond acceptors (Lipinski definition) is 13. The maximum Gasteiger partial charge on any atom is 0.469 e. The van der Waals surface area contributed by atoms with Gasteiger partial charge in [0.1, 0.15) is 24.4 Å². The number of phosphoric acid groups is 1. The largest absolute Gasteiger partial charge is 0.481 e. The van der Waals surface area contributed by atoms with Gasteiger partial charge in [-0.2, -0.15) is 4.98 Å². The van der Waals surface area contributed by atoms with Crippen molar-refractivity contribution in [1.29, 1.82) is 0 Å². The number of H-pyrrole nitrogens is 1. The molecule has 0 radical (unpaired) electrons. The van der Waals surface area contributed by atoms with Gasteiger partial charge in [-0.25, -0.2) is 9.55 Å². The van der Waals surface area contributed by atoms with Crippen LogP contribution in [0.25, 0.3) is 11.2 Å². The topological polar surface area (TPSA) is 303 Å². The number of hydrogen-bond donors (Lipinski definition) is 9. The van der Waals surface area contributed by atoms with E-state index in [1.165, 1.54) is 23.2 Å². The zero-order valence-corrected chi connectivity index (χ0v) is 21.7. The summed E-state index contributed by atoms with van der Waals surface area (Å²) in [6.45, 7) is 3.11. The fourth-order valence-corrected chi connectivity index (χ4v) is 3.50. The Morgan fingerprint density at radius 3 is 2.46 bits per heavy atom. The van der Waals surface area contributed by atoms with E-state index in [9.17, 15) is 24.4 Å². The first-order chi connectivity index (χ1) is 18.2. The van der Waals surface area contributed by atoms with Crippen LogP contribution < -0.4 is 17.0 Å². The molecule has 6 atom stereocenters. The molecule has 3 aromatic heterocycles. The Morgan fingerprint density at radius 2 is 2.00 bits per heavy atom. The lowest BCUT2D eigenvalue weighted by molar-refractivity contribution is -0.139. The molecule has 18 nitrogen and oxygen atoms in total. The summed E-state index contributed by atoms with van der Waals surface area (Å²) in [5.74, 6) is -1.05. The molecule has 19 heteroatoms. The number of rotatable bonds is 7. The number of nitrogen functional groups attached to an aromatic ring is 1. The Balaban J connectivity index is 0.000000291. The van der Waals surface area contributed by atoms with Gasteiger partial charge in [-0.1, -0.05) is 20.3 Å². The lowest BCUT2D eigenvalue weighted by Gasteiger charge is -2.16. The molecule has 11 N–H and O–H groups in total. The van der Waals surface area contributed by atoms with E-state index in [0.29, 0.717) is 0 Å². The van der Waals surface area contributed by atoms with Crippen LogP contribution in [0.5, 0.6) is 5.95 Å². The van der Waals surface area contributed by atoms with Crippen LogP contribution in [-0.4, -0.2) is 86.7 Å². The number of aliphatic hydroxyl groups excluding tert-OH is 2. The SMILES string of the molecule is CC[C@H](C)[C@H](N)C(=O)O.Nc1nc2c(ncn2[C@@H]2O[C@H](COP(=O)(O)O)[C@@H](O)[C@H]2O)c(=O)[nH]1.Oc1ccco1. The number of nitrogens with two attached hydrogens (primary N) is 2. The van der Waals surface area contributed by atoms with Crippen LogP contribution in [0.4, 0.5) is 5.95 Å². The van der Waals surface area contributed by atoms with E-state index in [1.54, 1.807) is 6.07 Å². The van der Waals surface area contributed by atoms with E-state index in [1.807, 2.05) is 13.8 Å². The third-order valence-electron chi connectivity index (χ3n) is 5.52. The molecule has 0 bridgehead atoms. The highest BCUT2D eigenvalue weighted by Crippen LogP contribution is 2.38. The number of carboxylic acid groups (broad SMARTS) is 1. The summed E-state index contributed by atoms with van der Waals surface area (Å²) in [5.41, 5.74) is 10.1. The van der Waals surface area contributed by atoms with Crippen LogP contribution in [0.2, 0.25) is 0 Å². The number of ether oxygens (including phenoxy) is 1. The van der Waals surface area contributed by atoms with Crippen molar-refractivity contribution in [2.45, 2.75) is 50.8 Å². The number of carboxylic acids is 1. The van der Waals surface area contributed by atoms with E-state index in [-0.39, 0.29) is 29.0 Å². The number of aromatic hydroxyl groups is 1. The smallest absolute Gasteiger partial charge is 0.469 e. The normalized spacial score (nSPS) is 22.3. The van der Waals surface area contributed by atoms with Crippen molar-refractivity contribution in [3.8, 4) is 5.95 Å². The van der Waals surface area contributed by atoms with Crippen molar-refractivity contribution < 1.29 is 53.3 Å².